The minimum atomic E-state index is -0.940. The zero-order chi connectivity index (χ0) is 24.0. The van der Waals surface area contributed by atoms with Crippen LogP contribution in [0.25, 0.3) is 0 Å². The van der Waals surface area contributed by atoms with E-state index in [9.17, 15) is 9.59 Å². The topological polar surface area (TPSA) is 68.3 Å². The van der Waals surface area contributed by atoms with Crippen LogP contribution in [-0.4, -0.2) is 32.1 Å². The molecule has 174 valence electrons. The SMILES string of the molecule is COc1ccc([C@@H]2[C@@H]3C(=O)N(c4ccc(C)cc4)C(=O)[C@@H]3ON2c2ccccc2C)c(OC)c1. The van der Waals surface area contributed by atoms with Crippen molar-refractivity contribution in [2.45, 2.75) is 26.0 Å². The van der Waals surface area contributed by atoms with Crippen LogP contribution in [0.3, 0.4) is 0 Å². The summed E-state index contributed by atoms with van der Waals surface area (Å²) in [7, 11) is 3.16. The fourth-order valence-corrected chi connectivity index (χ4v) is 4.76. The number of rotatable bonds is 5. The molecule has 3 atom stereocenters. The van der Waals surface area contributed by atoms with E-state index in [0.29, 0.717) is 17.2 Å². The summed E-state index contributed by atoms with van der Waals surface area (Å²) < 4.78 is 11.0. The Morgan fingerprint density at radius 3 is 2.26 bits per heavy atom. The lowest BCUT2D eigenvalue weighted by Gasteiger charge is -2.30. The number of amides is 2. The average molecular weight is 459 g/mol. The summed E-state index contributed by atoms with van der Waals surface area (Å²) in [5, 5.41) is 1.69. The second kappa shape index (κ2) is 8.50. The Bertz CT molecular complexity index is 1260. The molecule has 0 aromatic heterocycles. The number of para-hydroxylation sites is 1. The maximum atomic E-state index is 13.8. The largest absolute Gasteiger partial charge is 0.497 e. The first-order valence-corrected chi connectivity index (χ1v) is 11.1. The summed E-state index contributed by atoms with van der Waals surface area (Å²) in [5.41, 5.74) is 4.09. The molecule has 7 heteroatoms. The smallest absolute Gasteiger partial charge is 0.266 e. The van der Waals surface area contributed by atoms with Crippen LogP contribution in [0, 0.1) is 19.8 Å². The van der Waals surface area contributed by atoms with Gasteiger partial charge in [-0.1, -0.05) is 35.9 Å². The number of carbonyl (C=O) groups is 2. The predicted octanol–water partition coefficient (Wildman–Crippen LogP) is 4.37. The van der Waals surface area contributed by atoms with Crippen LogP contribution in [0.1, 0.15) is 22.7 Å². The third kappa shape index (κ3) is 3.40. The molecule has 34 heavy (non-hydrogen) atoms. The highest BCUT2D eigenvalue weighted by Crippen LogP contribution is 2.50. The standard InChI is InChI=1S/C27H26N2O5/c1-16-9-11-18(12-10-16)28-26(30)23-24(20-14-13-19(32-3)15-22(20)33-4)29(34-25(23)27(28)31)21-8-6-5-7-17(21)2/h5-15,23-25H,1-4H3/t23-,24+,25+/m0/s1. The number of nitrogens with zero attached hydrogens (tertiary/aromatic N) is 2. The predicted molar refractivity (Wildman–Crippen MR) is 128 cm³/mol. The number of methoxy groups -OCH3 is 2. The first-order valence-electron chi connectivity index (χ1n) is 11.1. The number of aryl methyl sites for hydroxylation is 2. The van der Waals surface area contributed by atoms with Crippen molar-refractivity contribution in [2.75, 3.05) is 24.2 Å². The van der Waals surface area contributed by atoms with Crippen molar-refractivity contribution in [1.82, 2.24) is 0 Å². The molecule has 2 fully saturated rings. The Balaban J connectivity index is 1.64. The van der Waals surface area contributed by atoms with Gasteiger partial charge >= 0.3 is 0 Å². The van der Waals surface area contributed by atoms with Gasteiger partial charge in [0.25, 0.3) is 5.91 Å². The van der Waals surface area contributed by atoms with Crippen LogP contribution >= 0.6 is 0 Å². The van der Waals surface area contributed by atoms with Crippen molar-refractivity contribution in [3.8, 4) is 11.5 Å². The van der Waals surface area contributed by atoms with Crippen LogP contribution in [-0.2, 0) is 14.4 Å². The fraction of sp³-hybridized carbons (Fsp3) is 0.259. The molecule has 2 aliphatic heterocycles. The summed E-state index contributed by atoms with van der Waals surface area (Å²) in [4.78, 5) is 34.8. The van der Waals surface area contributed by atoms with Gasteiger partial charge in [-0.15, -0.1) is 0 Å². The number of ether oxygens (including phenoxy) is 2. The molecule has 2 heterocycles. The van der Waals surface area contributed by atoms with Gasteiger partial charge < -0.3 is 9.47 Å². The lowest BCUT2D eigenvalue weighted by Crippen LogP contribution is -2.37. The zero-order valence-electron chi connectivity index (χ0n) is 19.5. The van der Waals surface area contributed by atoms with Crippen molar-refractivity contribution in [1.29, 1.82) is 0 Å². The van der Waals surface area contributed by atoms with Crippen LogP contribution < -0.4 is 19.4 Å². The van der Waals surface area contributed by atoms with E-state index in [1.54, 1.807) is 37.5 Å². The molecular weight excluding hydrogens is 432 g/mol. The average Bonchev–Trinajstić information content (AvgIpc) is 3.35. The van der Waals surface area contributed by atoms with E-state index in [4.69, 9.17) is 14.3 Å². The van der Waals surface area contributed by atoms with Crippen molar-refractivity contribution >= 4 is 23.2 Å². The number of imide groups is 1. The molecule has 0 radical (unpaired) electrons. The van der Waals surface area contributed by atoms with Gasteiger partial charge in [-0.05, 0) is 49.7 Å². The second-order valence-corrected chi connectivity index (χ2v) is 8.56. The van der Waals surface area contributed by atoms with Gasteiger partial charge in [-0.25, -0.2) is 9.96 Å². The van der Waals surface area contributed by atoms with E-state index in [-0.39, 0.29) is 11.8 Å². The summed E-state index contributed by atoms with van der Waals surface area (Å²) in [6.45, 7) is 3.93. The third-order valence-corrected chi connectivity index (χ3v) is 6.52. The monoisotopic (exact) mass is 458 g/mol. The molecular formula is C27H26N2O5. The molecule has 7 nitrogen and oxygen atoms in total. The highest BCUT2D eigenvalue weighted by molar-refractivity contribution is 6.24. The van der Waals surface area contributed by atoms with Gasteiger partial charge in [-0.3, -0.25) is 14.4 Å². The summed E-state index contributed by atoms with van der Waals surface area (Å²) in [6, 6.07) is 20.0. The second-order valence-electron chi connectivity index (χ2n) is 8.56. The van der Waals surface area contributed by atoms with E-state index < -0.39 is 18.1 Å². The van der Waals surface area contributed by atoms with Gasteiger partial charge in [0.15, 0.2) is 6.10 Å². The molecule has 0 aliphatic carbocycles. The summed E-state index contributed by atoms with van der Waals surface area (Å²) in [6.07, 6.45) is -0.940. The molecule has 3 aromatic rings. The lowest BCUT2D eigenvalue weighted by molar-refractivity contribution is -0.126. The molecule has 2 saturated heterocycles. The van der Waals surface area contributed by atoms with Crippen LogP contribution in [0.15, 0.2) is 66.7 Å². The molecule has 0 spiro atoms. The van der Waals surface area contributed by atoms with E-state index in [1.165, 1.54) is 4.90 Å². The number of hydroxylamine groups is 1. The van der Waals surface area contributed by atoms with Gasteiger partial charge in [0, 0.05) is 11.6 Å². The zero-order valence-corrected chi connectivity index (χ0v) is 19.5. The first kappa shape index (κ1) is 22.0. The normalized spacial score (nSPS) is 21.7. The first-order chi connectivity index (χ1) is 16.4. The molecule has 0 bridgehead atoms. The van der Waals surface area contributed by atoms with Gasteiger partial charge in [-0.2, -0.15) is 0 Å². The molecule has 3 aromatic carbocycles. The fourth-order valence-electron chi connectivity index (χ4n) is 4.76. The number of hydrogen-bond donors (Lipinski definition) is 0. The maximum absolute atomic E-state index is 13.8. The van der Waals surface area contributed by atoms with Crippen molar-refractivity contribution in [2.24, 2.45) is 5.92 Å². The molecule has 2 amide bonds. The van der Waals surface area contributed by atoms with Gasteiger partial charge in [0.2, 0.25) is 5.91 Å². The number of hydrogen-bond acceptors (Lipinski definition) is 6. The Morgan fingerprint density at radius 2 is 1.59 bits per heavy atom. The number of fused-ring (bicyclic) bond motifs is 1. The highest BCUT2D eigenvalue weighted by atomic mass is 16.7. The maximum Gasteiger partial charge on any atom is 0.266 e. The summed E-state index contributed by atoms with van der Waals surface area (Å²) in [5.74, 6) is -0.212. The minimum Gasteiger partial charge on any atom is -0.497 e. The van der Waals surface area contributed by atoms with E-state index in [2.05, 4.69) is 0 Å². The van der Waals surface area contributed by atoms with E-state index in [1.807, 2.05) is 62.4 Å². The van der Waals surface area contributed by atoms with Crippen LogP contribution in [0.5, 0.6) is 11.5 Å². The lowest BCUT2D eigenvalue weighted by atomic mass is 9.89. The van der Waals surface area contributed by atoms with Crippen LogP contribution in [0.2, 0.25) is 0 Å². The van der Waals surface area contributed by atoms with E-state index in [0.717, 1.165) is 22.4 Å². The molecule has 2 aliphatic rings. The Morgan fingerprint density at radius 1 is 0.853 bits per heavy atom. The quantitative estimate of drug-likeness (QED) is 0.529. The Labute approximate surface area is 198 Å². The molecule has 0 N–H and O–H groups in total. The van der Waals surface area contributed by atoms with E-state index >= 15 is 0 Å². The number of anilines is 2. The Kier molecular flexibility index (Phi) is 5.49. The highest BCUT2D eigenvalue weighted by Gasteiger charge is 2.60. The van der Waals surface area contributed by atoms with Gasteiger partial charge in [0.05, 0.1) is 31.6 Å². The number of carbonyl (C=O) groups excluding carboxylic acids is 2. The minimum absolute atomic E-state index is 0.294. The molecule has 5 rings (SSSR count). The van der Waals surface area contributed by atoms with Gasteiger partial charge in [0.1, 0.15) is 17.4 Å². The van der Waals surface area contributed by atoms with Crippen molar-refractivity contribution in [3.63, 3.8) is 0 Å². The molecule has 0 unspecified atom stereocenters. The third-order valence-electron chi connectivity index (χ3n) is 6.52. The van der Waals surface area contributed by atoms with Crippen molar-refractivity contribution in [3.05, 3.63) is 83.4 Å². The summed E-state index contributed by atoms with van der Waals surface area (Å²) >= 11 is 0. The molecule has 0 saturated carbocycles. The van der Waals surface area contributed by atoms with Crippen molar-refractivity contribution < 1.29 is 23.9 Å². The Hall–Kier alpha value is -3.84. The van der Waals surface area contributed by atoms with Crippen LogP contribution in [0.4, 0.5) is 11.4 Å². The number of benzene rings is 3.